The van der Waals surface area contributed by atoms with Gasteiger partial charge in [-0.15, -0.1) is 0 Å². The lowest BCUT2D eigenvalue weighted by atomic mass is 10.0. The molecule has 0 spiro atoms. The summed E-state index contributed by atoms with van der Waals surface area (Å²) >= 11 is 0. The van der Waals surface area contributed by atoms with Gasteiger partial charge in [-0.3, -0.25) is 4.68 Å². The maximum absolute atomic E-state index is 5.94. The van der Waals surface area contributed by atoms with Crippen molar-refractivity contribution in [3.05, 3.63) is 35.2 Å². The van der Waals surface area contributed by atoms with Crippen molar-refractivity contribution < 1.29 is 0 Å². The lowest BCUT2D eigenvalue weighted by Gasteiger charge is -2.05. The van der Waals surface area contributed by atoms with Crippen LogP contribution < -0.4 is 5.73 Å². The molecule has 0 unspecified atom stereocenters. The number of nitrogens with zero attached hydrogens (tertiary/aromatic N) is 2. The Bertz CT molecular complexity index is 538. The summed E-state index contributed by atoms with van der Waals surface area (Å²) in [6, 6.07) is 6.17. The number of aryl methyl sites for hydroxylation is 3. The van der Waals surface area contributed by atoms with Gasteiger partial charge >= 0.3 is 0 Å². The first kappa shape index (κ1) is 10.7. The fourth-order valence-electron chi connectivity index (χ4n) is 1.99. The third kappa shape index (κ3) is 1.58. The predicted octanol–water partition coefficient (Wildman–Crippen LogP) is 2.59. The maximum Gasteiger partial charge on any atom is 0.0674 e. The van der Waals surface area contributed by atoms with Gasteiger partial charge in [0.15, 0.2) is 0 Å². The normalized spacial score (nSPS) is 10.8. The van der Waals surface area contributed by atoms with Gasteiger partial charge in [0.1, 0.15) is 0 Å². The predicted molar refractivity (Wildman–Crippen MR) is 67.3 cm³/mol. The smallest absolute Gasteiger partial charge is 0.0674 e. The first-order valence-corrected chi connectivity index (χ1v) is 5.37. The molecule has 1 aromatic carbocycles. The van der Waals surface area contributed by atoms with Gasteiger partial charge in [-0.1, -0.05) is 12.1 Å². The molecule has 0 radical (unpaired) electrons. The second kappa shape index (κ2) is 3.67. The number of hydrogen-bond donors (Lipinski definition) is 1. The lowest BCUT2D eigenvalue weighted by molar-refractivity contribution is 0.731. The van der Waals surface area contributed by atoms with Gasteiger partial charge < -0.3 is 5.73 Å². The molecule has 0 saturated carbocycles. The first-order chi connectivity index (χ1) is 7.50. The summed E-state index contributed by atoms with van der Waals surface area (Å²) in [5.41, 5.74) is 12.4. The van der Waals surface area contributed by atoms with E-state index in [0.29, 0.717) is 0 Å². The third-order valence-electron chi connectivity index (χ3n) is 3.08. The van der Waals surface area contributed by atoms with Crippen molar-refractivity contribution in [3.8, 4) is 11.1 Å². The zero-order chi connectivity index (χ0) is 11.9. The molecule has 2 aromatic rings. The van der Waals surface area contributed by atoms with E-state index in [-0.39, 0.29) is 0 Å². The summed E-state index contributed by atoms with van der Waals surface area (Å²) in [7, 11) is 1.96. The Hall–Kier alpha value is -1.77. The van der Waals surface area contributed by atoms with E-state index in [4.69, 9.17) is 5.73 Å². The summed E-state index contributed by atoms with van der Waals surface area (Å²) in [6.07, 6.45) is 0. The van der Waals surface area contributed by atoms with Gasteiger partial charge in [-0.2, -0.15) is 5.10 Å². The number of aromatic nitrogens is 2. The van der Waals surface area contributed by atoms with E-state index in [1.807, 2.05) is 31.6 Å². The highest BCUT2D eigenvalue weighted by molar-refractivity contribution is 5.72. The average molecular weight is 215 g/mol. The molecular formula is C13H17N3. The van der Waals surface area contributed by atoms with E-state index >= 15 is 0 Å². The molecule has 0 bridgehead atoms. The van der Waals surface area contributed by atoms with Crippen molar-refractivity contribution in [2.24, 2.45) is 7.05 Å². The number of anilines is 1. The topological polar surface area (TPSA) is 43.8 Å². The number of rotatable bonds is 1. The van der Waals surface area contributed by atoms with E-state index in [1.165, 1.54) is 11.3 Å². The van der Waals surface area contributed by atoms with Gasteiger partial charge in [0.25, 0.3) is 0 Å². The highest BCUT2D eigenvalue weighted by atomic mass is 15.3. The zero-order valence-corrected chi connectivity index (χ0v) is 10.2. The van der Waals surface area contributed by atoms with Crippen LogP contribution >= 0.6 is 0 Å². The van der Waals surface area contributed by atoms with E-state index in [9.17, 15) is 0 Å². The first-order valence-electron chi connectivity index (χ1n) is 5.37. The van der Waals surface area contributed by atoms with Gasteiger partial charge in [0, 0.05) is 24.0 Å². The molecule has 2 rings (SSSR count). The van der Waals surface area contributed by atoms with Crippen molar-refractivity contribution in [1.82, 2.24) is 9.78 Å². The second-order valence-corrected chi connectivity index (χ2v) is 4.24. The minimum atomic E-state index is 0.833. The van der Waals surface area contributed by atoms with Crippen molar-refractivity contribution in [2.45, 2.75) is 20.8 Å². The Balaban J connectivity index is 2.63. The highest BCUT2D eigenvalue weighted by Gasteiger charge is 2.11. The highest BCUT2D eigenvalue weighted by Crippen LogP contribution is 2.28. The number of benzene rings is 1. The minimum absolute atomic E-state index is 0.833. The molecule has 3 heteroatoms. The molecular weight excluding hydrogens is 198 g/mol. The van der Waals surface area contributed by atoms with Crippen LogP contribution in [0.15, 0.2) is 18.2 Å². The fraction of sp³-hybridized carbons (Fsp3) is 0.308. The maximum atomic E-state index is 5.94. The molecule has 0 atom stereocenters. The van der Waals surface area contributed by atoms with Crippen molar-refractivity contribution in [1.29, 1.82) is 0 Å². The van der Waals surface area contributed by atoms with E-state index in [1.54, 1.807) is 0 Å². The van der Waals surface area contributed by atoms with Crippen molar-refractivity contribution in [2.75, 3.05) is 5.73 Å². The molecule has 16 heavy (non-hydrogen) atoms. The van der Waals surface area contributed by atoms with Crippen LogP contribution in [-0.2, 0) is 7.05 Å². The van der Waals surface area contributed by atoms with Gasteiger partial charge in [0.05, 0.1) is 5.69 Å². The summed E-state index contributed by atoms with van der Waals surface area (Å²) < 4.78 is 1.90. The molecule has 0 amide bonds. The molecule has 1 heterocycles. The second-order valence-electron chi connectivity index (χ2n) is 4.24. The minimum Gasteiger partial charge on any atom is -0.398 e. The SMILES string of the molecule is Cc1ccc(-c2c(C)nn(C)c2C)cc1N. The van der Waals surface area contributed by atoms with Gasteiger partial charge in [-0.25, -0.2) is 0 Å². The van der Waals surface area contributed by atoms with Crippen molar-refractivity contribution in [3.63, 3.8) is 0 Å². The molecule has 0 saturated heterocycles. The number of hydrogen-bond acceptors (Lipinski definition) is 2. The Morgan fingerprint density at radius 1 is 1.19 bits per heavy atom. The van der Waals surface area contributed by atoms with Crippen LogP contribution in [-0.4, -0.2) is 9.78 Å². The van der Waals surface area contributed by atoms with Crippen LogP contribution in [0.5, 0.6) is 0 Å². The Kier molecular flexibility index (Phi) is 2.46. The van der Waals surface area contributed by atoms with E-state index < -0.39 is 0 Å². The fourth-order valence-corrected chi connectivity index (χ4v) is 1.99. The summed E-state index contributed by atoms with van der Waals surface area (Å²) in [6.45, 7) is 6.12. The number of nitrogen functional groups attached to an aromatic ring is 1. The van der Waals surface area contributed by atoms with Gasteiger partial charge in [0.2, 0.25) is 0 Å². The summed E-state index contributed by atoms with van der Waals surface area (Å²) in [4.78, 5) is 0. The monoisotopic (exact) mass is 215 g/mol. The van der Waals surface area contributed by atoms with Crippen LogP contribution in [0.2, 0.25) is 0 Å². The van der Waals surface area contributed by atoms with Crippen molar-refractivity contribution >= 4 is 5.69 Å². The van der Waals surface area contributed by atoms with Gasteiger partial charge in [-0.05, 0) is 38.0 Å². The van der Waals surface area contributed by atoms with Crippen LogP contribution in [0.1, 0.15) is 17.0 Å². The summed E-state index contributed by atoms with van der Waals surface area (Å²) in [5.74, 6) is 0. The average Bonchev–Trinajstić information content (AvgIpc) is 2.47. The standard InChI is InChI=1S/C13H17N3/c1-8-5-6-11(7-12(8)14)13-9(2)15-16(4)10(13)3/h5-7H,14H2,1-4H3. The lowest BCUT2D eigenvalue weighted by Crippen LogP contribution is -1.93. The quantitative estimate of drug-likeness (QED) is 0.743. The molecule has 1 aromatic heterocycles. The largest absolute Gasteiger partial charge is 0.398 e. The molecule has 0 aliphatic heterocycles. The van der Waals surface area contributed by atoms with Crippen LogP contribution in [0.3, 0.4) is 0 Å². The Labute approximate surface area is 95.9 Å². The molecule has 0 aliphatic rings. The molecule has 0 aliphatic carbocycles. The summed E-state index contributed by atoms with van der Waals surface area (Å²) in [5, 5.41) is 4.41. The number of nitrogens with two attached hydrogens (primary N) is 1. The van der Waals surface area contributed by atoms with Crippen LogP contribution in [0.25, 0.3) is 11.1 Å². The molecule has 0 fully saturated rings. The molecule has 84 valence electrons. The van der Waals surface area contributed by atoms with Crippen LogP contribution in [0.4, 0.5) is 5.69 Å². The molecule has 3 nitrogen and oxygen atoms in total. The van der Waals surface area contributed by atoms with Crippen LogP contribution in [0, 0.1) is 20.8 Å². The molecule has 2 N–H and O–H groups in total. The Morgan fingerprint density at radius 3 is 2.38 bits per heavy atom. The Morgan fingerprint density at radius 2 is 1.88 bits per heavy atom. The third-order valence-corrected chi connectivity index (χ3v) is 3.08. The zero-order valence-electron chi connectivity index (χ0n) is 10.2. The van der Waals surface area contributed by atoms with E-state index in [2.05, 4.69) is 24.2 Å². The van der Waals surface area contributed by atoms with E-state index in [0.717, 1.165) is 22.5 Å².